The number of methoxy groups -OCH3 is 3. The van der Waals surface area contributed by atoms with Crippen LogP contribution in [0.4, 0.5) is 14.4 Å². The summed E-state index contributed by atoms with van der Waals surface area (Å²) in [6.07, 6.45) is -1.95. The van der Waals surface area contributed by atoms with Crippen LogP contribution in [0.25, 0.3) is 0 Å². The third-order valence-electron chi connectivity index (χ3n) is 4.68. The average Bonchev–Trinajstić information content (AvgIpc) is 2.75. The Morgan fingerprint density at radius 1 is 0.487 bits per heavy atom. The number of carbonyl (C=O) groups is 3. The lowest BCUT2D eigenvalue weighted by Gasteiger charge is -2.26. The van der Waals surface area contributed by atoms with E-state index in [0.29, 0.717) is 33.9 Å². The van der Waals surface area contributed by atoms with Crippen LogP contribution in [0.2, 0.25) is 0 Å². The lowest BCUT2D eigenvalue weighted by atomic mass is 9.99. The van der Waals surface area contributed by atoms with Crippen LogP contribution in [0.15, 0.2) is 0 Å². The smallest absolute Gasteiger partial charge is 0.407 e. The molecule has 0 bridgehead atoms. The summed E-state index contributed by atoms with van der Waals surface area (Å²) in [6, 6.07) is 0. The van der Waals surface area contributed by atoms with Crippen molar-refractivity contribution in [2.45, 2.75) is 98.8 Å². The Morgan fingerprint density at radius 2 is 0.692 bits per heavy atom. The van der Waals surface area contributed by atoms with Crippen LogP contribution in [-0.2, 0) is 33.8 Å². The molecule has 0 aliphatic carbocycles. The highest BCUT2D eigenvalue weighted by molar-refractivity contribution is 5.72. The third-order valence-corrected chi connectivity index (χ3v) is 4.68. The van der Waals surface area contributed by atoms with Crippen molar-refractivity contribution < 1.29 is 42.8 Å². The van der Waals surface area contributed by atoms with Crippen molar-refractivity contribution in [3.63, 3.8) is 0 Å². The van der Waals surface area contributed by atoms with Gasteiger partial charge in [0.15, 0.2) is 0 Å². The van der Waals surface area contributed by atoms with Gasteiger partial charge in [-0.25, -0.2) is 14.4 Å². The van der Waals surface area contributed by atoms with Gasteiger partial charge >= 0.3 is 18.3 Å². The first-order chi connectivity index (χ1) is 17.8. The Kier molecular flexibility index (Phi) is 11.6. The number of alkyl carbamates (subject to hydrolysis) is 3. The lowest BCUT2D eigenvalue weighted by molar-refractivity contribution is 0.0513. The number of nitrogens with one attached hydrogen (secondary N) is 3. The van der Waals surface area contributed by atoms with Crippen LogP contribution in [0.5, 0.6) is 17.2 Å². The van der Waals surface area contributed by atoms with Crippen molar-refractivity contribution in [3.8, 4) is 17.2 Å². The molecule has 1 rings (SSSR count). The second kappa shape index (κ2) is 13.5. The van der Waals surface area contributed by atoms with Gasteiger partial charge in [-0.05, 0) is 62.3 Å². The molecule has 0 saturated carbocycles. The van der Waals surface area contributed by atoms with Gasteiger partial charge in [0.2, 0.25) is 0 Å². The summed E-state index contributed by atoms with van der Waals surface area (Å²) in [4.78, 5) is 37.3. The van der Waals surface area contributed by atoms with Crippen LogP contribution >= 0.6 is 0 Å². The van der Waals surface area contributed by atoms with Gasteiger partial charge in [0.05, 0.1) is 57.7 Å². The van der Waals surface area contributed by atoms with E-state index in [0.717, 1.165) is 0 Å². The fourth-order valence-corrected chi connectivity index (χ4v) is 3.50. The molecule has 0 unspecified atom stereocenters. The van der Waals surface area contributed by atoms with E-state index in [4.69, 9.17) is 28.4 Å². The van der Waals surface area contributed by atoms with E-state index in [1.165, 1.54) is 21.3 Å². The minimum atomic E-state index is -0.705. The van der Waals surface area contributed by atoms with Gasteiger partial charge in [0.1, 0.15) is 34.1 Å². The molecular formula is C27H45N3O9. The summed E-state index contributed by atoms with van der Waals surface area (Å²) in [6.45, 7) is 15.6. The molecule has 0 aromatic heterocycles. The first-order valence-electron chi connectivity index (χ1n) is 12.5. The molecule has 3 amide bonds. The molecule has 0 spiro atoms. The van der Waals surface area contributed by atoms with E-state index < -0.39 is 35.1 Å². The van der Waals surface area contributed by atoms with Gasteiger partial charge in [0, 0.05) is 0 Å². The molecule has 12 nitrogen and oxygen atoms in total. The highest BCUT2D eigenvalue weighted by atomic mass is 16.6. The van der Waals surface area contributed by atoms with Gasteiger partial charge < -0.3 is 44.4 Å². The van der Waals surface area contributed by atoms with E-state index in [2.05, 4.69) is 16.0 Å². The van der Waals surface area contributed by atoms with Crippen LogP contribution in [0, 0.1) is 0 Å². The highest BCUT2D eigenvalue weighted by Crippen LogP contribution is 2.44. The number of hydrogen-bond acceptors (Lipinski definition) is 9. The normalized spacial score (nSPS) is 11.7. The zero-order chi connectivity index (χ0) is 30.2. The number of carbonyl (C=O) groups excluding carboxylic acids is 3. The average molecular weight is 556 g/mol. The van der Waals surface area contributed by atoms with Gasteiger partial charge in [-0.2, -0.15) is 0 Å². The molecule has 0 saturated heterocycles. The number of amides is 3. The Balaban J connectivity index is 3.59. The molecule has 222 valence electrons. The van der Waals surface area contributed by atoms with E-state index in [-0.39, 0.29) is 19.6 Å². The van der Waals surface area contributed by atoms with Gasteiger partial charge in [-0.1, -0.05) is 0 Å². The van der Waals surface area contributed by atoms with E-state index >= 15 is 0 Å². The first-order valence-corrected chi connectivity index (χ1v) is 12.5. The predicted molar refractivity (Wildman–Crippen MR) is 145 cm³/mol. The number of ether oxygens (including phenoxy) is 6. The largest absolute Gasteiger partial charge is 0.496 e. The van der Waals surface area contributed by atoms with Crippen molar-refractivity contribution in [1.82, 2.24) is 16.0 Å². The Hall–Kier alpha value is -3.57. The second-order valence-corrected chi connectivity index (χ2v) is 11.6. The van der Waals surface area contributed by atoms with Crippen molar-refractivity contribution >= 4 is 18.3 Å². The summed E-state index contributed by atoms with van der Waals surface area (Å²) in [7, 11) is 4.34. The topological polar surface area (TPSA) is 143 Å². The summed E-state index contributed by atoms with van der Waals surface area (Å²) >= 11 is 0. The molecule has 0 heterocycles. The quantitative estimate of drug-likeness (QED) is 0.367. The molecule has 0 fully saturated rings. The van der Waals surface area contributed by atoms with E-state index in [1.54, 1.807) is 62.3 Å². The maximum atomic E-state index is 12.4. The molecule has 0 radical (unpaired) electrons. The summed E-state index contributed by atoms with van der Waals surface area (Å²) in [5, 5.41) is 8.11. The molecule has 0 aliphatic heterocycles. The molecule has 0 atom stereocenters. The number of benzene rings is 1. The Bertz CT molecular complexity index is 870. The van der Waals surface area contributed by atoms with Crippen molar-refractivity contribution in [2.24, 2.45) is 0 Å². The molecule has 39 heavy (non-hydrogen) atoms. The standard InChI is InChI=1S/C27H45N3O9/c1-25(2,3)37-22(31)28-13-16-19(34-10)17(14-29-23(32)38-26(4,5)6)21(36-12)18(20(16)35-11)15-30-24(33)39-27(7,8)9/h13-15H2,1-12H3,(H,28,31)(H,29,32)(H,30,33). The molecule has 0 aliphatic rings. The second-order valence-electron chi connectivity index (χ2n) is 11.6. The van der Waals surface area contributed by atoms with Gasteiger partial charge in [0.25, 0.3) is 0 Å². The maximum absolute atomic E-state index is 12.4. The van der Waals surface area contributed by atoms with Crippen molar-refractivity contribution in [3.05, 3.63) is 16.7 Å². The minimum Gasteiger partial charge on any atom is -0.496 e. The van der Waals surface area contributed by atoms with Crippen LogP contribution < -0.4 is 30.2 Å². The summed E-state index contributed by atoms with van der Waals surface area (Å²) < 4.78 is 33.2. The van der Waals surface area contributed by atoms with Gasteiger partial charge in [-0.3, -0.25) is 0 Å². The lowest BCUT2D eigenvalue weighted by Crippen LogP contribution is -2.34. The first kappa shape index (κ1) is 33.5. The Labute approximate surface area is 231 Å². The Morgan fingerprint density at radius 3 is 0.846 bits per heavy atom. The summed E-state index contributed by atoms with van der Waals surface area (Å²) in [5.74, 6) is 0.908. The fourth-order valence-electron chi connectivity index (χ4n) is 3.50. The number of rotatable bonds is 9. The number of hydrogen-bond donors (Lipinski definition) is 3. The van der Waals surface area contributed by atoms with Crippen LogP contribution in [-0.4, -0.2) is 56.4 Å². The van der Waals surface area contributed by atoms with E-state index in [1.807, 2.05) is 0 Å². The molecule has 1 aromatic carbocycles. The van der Waals surface area contributed by atoms with Crippen molar-refractivity contribution in [1.29, 1.82) is 0 Å². The third kappa shape index (κ3) is 11.4. The van der Waals surface area contributed by atoms with Crippen molar-refractivity contribution in [2.75, 3.05) is 21.3 Å². The van der Waals surface area contributed by atoms with Crippen LogP contribution in [0.3, 0.4) is 0 Å². The zero-order valence-electron chi connectivity index (χ0n) is 25.3. The van der Waals surface area contributed by atoms with E-state index in [9.17, 15) is 14.4 Å². The van der Waals surface area contributed by atoms with Crippen LogP contribution in [0.1, 0.15) is 79.0 Å². The monoisotopic (exact) mass is 555 g/mol. The minimum absolute atomic E-state index is 0.0515. The highest BCUT2D eigenvalue weighted by Gasteiger charge is 2.29. The molecular weight excluding hydrogens is 510 g/mol. The molecule has 3 N–H and O–H groups in total. The van der Waals surface area contributed by atoms with Gasteiger partial charge in [-0.15, -0.1) is 0 Å². The predicted octanol–water partition coefficient (Wildman–Crippen LogP) is 4.79. The summed E-state index contributed by atoms with van der Waals surface area (Å²) in [5.41, 5.74) is -0.800. The fraction of sp³-hybridized carbons (Fsp3) is 0.667. The SMILES string of the molecule is COc1c(CNC(=O)OC(C)(C)C)c(OC)c(CNC(=O)OC(C)(C)C)c(OC)c1CNC(=O)OC(C)(C)C. The molecule has 12 heteroatoms. The molecule has 1 aromatic rings. The zero-order valence-corrected chi connectivity index (χ0v) is 25.3. The maximum Gasteiger partial charge on any atom is 0.407 e.